The summed E-state index contributed by atoms with van der Waals surface area (Å²) >= 11 is 0. The fraction of sp³-hybridized carbons (Fsp3) is 0.737. The molecule has 1 unspecified atom stereocenters. The van der Waals surface area contributed by atoms with Crippen molar-refractivity contribution in [2.24, 2.45) is 7.05 Å². The van der Waals surface area contributed by atoms with Gasteiger partial charge in [-0.05, 0) is 25.3 Å². The van der Waals surface area contributed by atoms with Crippen LogP contribution in [0, 0.1) is 0 Å². The number of hydrogen-bond donors (Lipinski definition) is 0. The Morgan fingerprint density at radius 2 is 1.96 bits per heavy atom. The molecule has 0 saturated carbocycles. The highest BCUT2D eigenvalue weighted by Crippen LogP contribution is 2.26. The van der Waals surface area contributed by atoms with Gasteiger partial charge < -0.3 is 14.5 Å². The summed E-state index contributed by atoms with van der Waals surface area (Å²) in [4.78, 5) is 28.7. The Morgan fingerprint density at radius 1 is 1.31 bits per heavy atom. The second-order valence-corrected chi connectivity index (χ2v) is 8.38. The van der Waals surface area contributed by atoms with Crippen molar-refractivity contribution in [3.8, 4) is 0 Å². The fourth-order valence-corrected chi connectivity index (χ4v) is 3.63. The van der Waals surface area contributed by atoms with E-state index in [1.807, 2.05) is 29.8 Å². The summed E-state index contributed by atoms with van der Waals surface area (Å²) in [5.74, 6) is 0.0179. The Morgan fingerprint density at radius 3 is 2.46 bits per heavy atom. The first kappa shape index (κ1) is 18.7. The van der Waals surface area contributed by atoms with Crippen LogP contribution in [0.4, 0.5) is 4.79 Å². The first-order valence-corrected chi connectivity index (χ1v) is 9.51. The van der Waals surface area contributed by atoms with Crippen molar-refractivity contribution < 1.29 is 14.3 Å². The van der Waals surface area contributed by atoms with E-state index >= 15 is 0 Å². The van der Waals surface area contributed by atoms with Crippen LogP contribution >= 0.6 is 0 Å². The molecule has 2 aliphatic rings. The maximum atomic E-state index is 12.9. The number of amides is 2. The molecule has 26 heavy (non-hydrogen) atoms. The molecule has 2 saturated heterocycles. The van der Waals surface area contributed by atoms with Crippen molar-refractivity contribution in [3.63, 3.8) is 0 Å². The summed E-state index contributed by atoms with van der Waals surface area (Å²) < 4.78 is 7.04. The summed E-state index contributed by atoms with van der Waals surface area (Å²) in [6.07, 6.45) is 2.23. The molecule has 7 heteroatoms. The van der Waals surface area contributed by atoms with Gasteiger partial charge in [0.05, 0.1) is 12.2 Å². The van der Waals surface area contributed by atoms with Crippen molar-refractivity contribution in [3.05, 3.63) is 17.5 Å². The standard InChI is InChI=1S/C19H30N4O3/c1-6-14-12-23(18(25)26-14)13-7-9-22(10-8-13)17(24)15-11-16(19(2,3)4)20-21(15)5/h11,13-14H,6-10,12H2,1-5H3. The number of ether oxygens (including phenoxy) is 1. The molecule has 3 rings (SSSR count). The lowest BCUT2D eigenvalue weighted by Crippen LogP contribution is -2.47. The molecule has 1 aromatic rings. The van der Waals surface area contributed by atoms with Crippen molar-refractivity contribution in [1.29, 1.82) is 0 Å². The number of piperidine rings is 1. The summed E-state index contributed by atoms with van der Waals surface area (Å²) in [6.45, 7) is 10.3. The van der Waals surface area contributed by atoms with E-state index in [0.29, 0.717) is 25.3 Å². The zero-order valence-corrected chi connectivity index (χ0v) is 16.5. The monoisotopic (exact) mass is 362 g/mol. The highest BCUT2D eigenvalue weighted by atomic mass is 16.6. The van der Waals surface area contributed by atoms with E-state index in [2.05, 4.69) is 25.9 Å². The largest absolute Gasteiger partial charge is 0.444 e. The number of hydrogen-bond acceptors (Lipinski definition) is 4. The topological polar surface area (TPSA) is 67.7 Å². The van der Waals surface area contributed by atoms with Gasteiger partial charge in [0, 0.05) is 31.6 Å². The molecule has 0 aliphatic carbocycles. The summed E-state index contributed by atoms with van der Waals surface area (Å²) in [5, 5.41) is 4.50. The number of likely N-dealkylation sites (tertiary alicyclic amines) is 1. The molecular formula is C19H30N4O3. The zero-order valence-electron chi connectivity index (χ0n) is 16.5. The predicted molar refractivity (Wildman–Crippen MR) is 98.1 cm³/mol. The Balaban J connectivity index is 1.62. The van der Waals surface area contributed by atoms with Crippen LogP contribution in [0.25, 0.3) is 0 Å². The van der Waals surface area contributed by atoms with Crippen LogP contribution in [0.2, 0.25) is 0 Å². The Hall–Kier alpha value is -2.05. The van der Waals surface area contributed by atoms with Crippen molar-refractivity contribution in [1.82, 2.24) is 19.6 Å². The molecule has 2 aliphatic heterocycles. The smallest absolute Gasteiger partial charge is 0.410 e. The number of carbonyl (C=O) groups is 2. The Labute approximate surface area is 155 Å². The first-order chi connectivity index (χ1) is 12.2. The van der Waals surface area contributed by atoms with E-state index in [-0.39, 0.29) is 29.6 Å². The summed E-state index contributed by atoms with van der Waals surface area (Å²) in [6, 6.07) is 2.07. The van der Waals surface area contributed by atoms with Gasteiger partial charge in [-0.3, -0.25) is 9.48 Å². The molecule has 2 amide bonds. The second kappa shape index (κ2) is 6.93. The molecule has 3 heterocycles. The normalized spacial score (nSPS) is 22.0. The highest BCUT2D eigenvalue weighted by Gasteiger charge is 2.37. The number of aryl methyl sites for hydroxylation is 1. The Bertz CT molecular complexity index is 683. The average Bonchev–Trinajstić information content (AvgIpc) is 3.17. The van der Waals surface area contributed by atoms with E-state index < -0.39 is 0 Å². The third-order valence-electron chi connectivity index (χ3n) is 5.42. The van der Waals surface area contributed by atoms with Gasteiger partial charge in [-0.15, -0.1) is 0 Å². The summed E-state index contributed by atoms with van der Waals surface area (Å²) in [7, 11) is 1.82. The van der Waals surface area contributed by atoms with Crippen molar-refractivity contribution in [2.75, 3.05) is 19.6 Å². The molecule has 7 nitrogen and oxygen atoms in total. The van der Waals surface area contributed by atoms with Gasteiger partial charge in [-0.1, -0.05) is 27.7 Å². The minimum absolute atomic E-state index is 0.00687. The number of aromatic nitrogens is 2. The fourth-order valence-electron chi connectivity index (χ4n) is 3.63. The molecular weight excluding hydrogens is 332 g/mol. The minimum Gasteiger partial charge on any atom is -0.444 e. The molecule has 1 atom stereocenters. The Kier molecular flexibility index (Phi) is 4.99. The van der Waals surface area contributed by atoms with Crippen LogP contribution in [-0.2, 0) is 17.2 Å². The lowest BCUT2D eigenvalue weighted by atomic mass is 9.92. The van der Waals surface area contributed by atoms with Crippen LogP contribution in [0.5, 0.6) is 0 Å². The molecule has 2 fully saturated rings. The van der Waals surface area contributed by atoms with Crippen LogP contribution in [0.3, 0.4) is 0 Å². The minimum atomic E-state index is -0.205. The van der Waals surface area contributed by atoms with Gasteiger partial charge in [0.15, 0.2) is 0 Å². The molecule has 1 aromatic heterocycles. The lowest BCUT2D eigenvalue weighted by Gasteiger charge is -2.35. The van der Waals surface area contributed by atoms with Gasteiger partial charge in [-0.2, -0.15) is 5.10 Å². The lowest BCUT2D eigenvalue weighted by molar-refractivity contribution is 0.0648. The molecule has 0 spiro atoms. The zero-order chi connectivity index (χ0) is 19.1. The third kappa shape index (κ3) is 3.57. The molecule has 0 N–H and O–H groups in total. The van der Waals surface area contributed by atoms with E-state index in [4.69, 9.17) is 4.74 Å². The van der Waals surface area contributed by atoms with Crippen molar-refractivity contribution in [2.45, 2.75) is 64.5 Å². The number of nitrogens with zero attached hydrogens (tertiary/aromatic N) is 4. The van der Waals surface area contributed by atoms with E-state index in [1.54, 1.807) is 4.68 Å². The molecule has 0 bridgehead atoms. The number of carbonyl (C=O) groups excluding carboxylic acids is 2. The average molecular weight is 362 g/mol. The molecule has 144 valence electrons. The molecule has 0 radical (unpaired) electrons. The SMILES string of the molecule is CCC1CN(C2CCN(C(=O)c3cc(C(C)(C)C)nn3C)CC2)C(=O)O1. The molecule has 0 aromatic carbocycles. The number of cyclic esters (lactones) is 1. The van der Waals surface area contributed by atoms with Crippen LogP contribution in [0.15, 0.2) is 6.07 Å². The van der Waals surface area contributed by atoms with E-state index in [1.165, 1.54) is 0 Å². The maximum absolute atomic E-state index is 12.9. The van der Waals surface area contributed by atoms with Crippen LogP contribution < -0.4 is 0 Å². The van der Waals surface area contributed by atoms with Gasteiger partial charge >= 0.3 is 6.09 Å². The van der Waals surface area contributed by atoms with Gasteiger partial charge in [0.2, 0.25) is 0 Å². The maximum Gasteiger partial charge on any atom is 0.410 e. The highest BCUT2D eigenvalue weighted by molar-refractivity contribution is 5.92. The van der Waals surface area contributed by atoms with E-state index in [0.717, 1.165) is 25.0 Å². The first-order valence-electron chi connectivity index (χ1n) is 9.51. The van der Waals surface area contributed by atoms with Crippen LogP contribution in [0.1, 0.15) is 63.1 Å². The third-order valence-corrected chi connectivity index (χ3v) is 5.42. The van der Waals surface area contributed by atoms with Gasteiger partial charge in [0.1, 0.15) is 11.8 Å². The van der Waals surface area contributed by atoms with Crippen LogP contribution in [-0.4, -0.2) is 63.4 Å². The summed E-state index contributed by atoms with van der Waals surface area (Å²) in [5.41, 5.74) is 1.46. The number of rotatable bonds is 3. The predicted octanol–water partition coefficient (Wildman–Crippen LogP) is 2.55. The second-order valence-electron chi connectivity index (χ2n) is 8.38. The van der Waals surface area contributed by atoms with E-state index in [9.17, 15) is 9.59 Å². The van der Waals surface area contributed by atoms with Crippen molar-refractivity contribution >= 4 is 12.0 Å². The van der Waals surface area contributed by atoms with Gasteiger partial charge in [0.25, 0.3) is 5.91 Å². The quantitative estimate of drug-likeness (QED) is 0.829. The van der Waals surface area contributed by atoms with Gasteiger partial charge in [-0.25, -0.2) is 4.79 Å².